The van der Waals surface area contributed by atoms with E-state index in [1.807, 2.05) is 19.2 Å². The first kappa shape index (κ1) is 14.3. The summed E-state index contributed by atoms with van der Waals surface area (Å²) >= 11 is 0. The molecule has 0 amide bonds. The van der Waals surface area contributed by atoms with E-state index in [1.165, 1.54) is 12.8 Å². The third kappa shape index (κ3) is 3.69. The number of anilines is 1. The van der Waals surface area contributed by atoms with E-state index in [0.29, 0.717) is 0 Å². The maximum Gasteiger partial charge on any atom is 0.146 e. The molecule has 3 heteroatoms. The fourth-order valence-corrected chi connectivity index (χ4v) is 2.53. The lowest BCUT2D eigenvalue weighted by molar-refractivity contribution is 0.559. The Labute approximate surface area is 116 Å². The van der Waals surface area contributed by atoms with Crippen LogP contribution in [0.1, 0.15) is 44.7 Å². The monoisotopic (exact) mass is 264 g/mol. The molecule has 2 rings (SSSR count). The van der Waals surface area contributed by atoms with E-state index in [9.17, 15) is 4.39 Å². The standard InChI is InChI=1S/C16H25FN2/c1-4-10-18-12(2)14-6-5-7-15(17)16(14)19(3)11-13-8-9-13/h5-7,12-13,18H,4,8-11H2,1-3H3. The van der Waals surface area contributed by atoms with Crippen LogP contribution in [0, 0.1) is 11.7 Å². The SMILES string of the molecule is CCCNC(C)c1cccc(F)c1N(C)CC1CC1. The molecular formula is C16H25FN2. The van der Waals surface area contributed by atoms with Gasteiger partial charge in [0.05, 0.1) is 5.69 Å². The summed E-state index contributed by atoms with van der Waals surface area (Å²) in [5, 5.41) is 3.45. The van der Waals surface area contributed by atoms with Crippen molar-refractivity contribution >= 4 is 5.69 Å². The molecule has 106 valence electrons. The maximum absolute atomic E-state index is 14.2. The van der Waals surface area contributed by atoms with Crippen LogP contribution in [0.5, 0.6) is 0 Å². The van der Waals surface area contributed by atoms with Gasteiger partial charge in [0.25, 0.3) is 0 Å². The van der Waals surface area contributed by atoms with Crippen LogP contribution in [0.3, 0.4) is 0 Å². The highest BCUT2D eigenvalue weighted by molar-refractivity contribution is 5.55. The van der Waals surface area contributed by atoms with Crippen LogP contribution >= 0.6 is 0 Å². The number of rotatable bonds is 7. The number of hydrogen-bond donors (Lipinski definition) is 1. The Kier molecular flexibility index (Phi) is 4.81. The molecule has 1 aromatic rings. The lowest BCUT2D eigenvalue weighted by Crippen LogP contribution is -2.26. The van der Waals surface area contributed by atoms with Gasteiger partial charge in [-0.1, -0.05) is 19.1 Å². The zero-order valence-corrected chi connectivity index (χ0v) is 12.2. The van der Waals surface area contributed by atoms with Gasteiger partial charge in [-0.25, -0.2) is 4.39 Å². The van der Waals surface area contributed by atoms with Crippen molar-refractivity contribution in [2.45, 2.75) is 39.2 Å². The molecule has 0 aromatic heterocycles. The Morgan fingerprint density at radius 1 is 1.42 bits per heavy atom. The number of nitrogens with zero attached hydrogens (tertiary/aromatic N) is 1. The number of hydrogen-bond acceptors (Lipinski definition) is 2. The summed E-state index contributed by atoms with van der Waals surface area (Å²) in [4.78, 5) is 2.09. The summed E-state index contributed by atoms with van der Waals surface area (Å²) in [7, 11) is 2.01. The summed E-state index contributed by atoms with van der Waals surface area (Å²) in [6.07, 6.45) is 3.67. The Hall–Kier alpha value is -1.09. The van der Waals surface area contributed by atoms with E-state index in [-0.39, 0.29) is 11.9 Å². The fourth-order valence-electron chi connectivity index (χ4n) is 2.53. The van der Waals surface area contributed by atoms with Gasteiger partial charge in [-0.3, -0.25) is 0 Å². The van der Waals surface area contributed by atoms with Crippen molar-refractivity contribution < 1.29 is 4.39 Å². The molecule has 1 aliphatic rings. The van der Waals surface area contributed by atoms with E-state index in [2.05, 4.69) is 24.1 Å². The lowest BCUT2D eigenvalue weighted by Gasteiger charge is -2.26. The smallest absolute Gasteiger partial charge is 0.146 e. The molecule has 1 N–H and O–H groups in total. The Balaban J connectivity index is 2.18. The third-order valence-corrected chi connectivity index (χ3v) is 3.80. The highest BCUT2D eigenvalue weighted by Crippen LogP contribution is 2.34. The second-order valence-electron chi connectivity index (χ2n) is 5.68. The van der Waals surface area contributed by atoms with Gasteiger partial charge in [0.2, 0.25) is 0 Å². The van der Waals surface area contributed by atoms with E-state index in [4.69, 9.17) is 0 Å². The van der Waals surface area contributed by atoms with Crippen molar-refractivity contribution in [2.75, 3.05) is 25.0 Å². The van der Waals surface area contributed by atoms with Gasteiger partial charge in [-0.15, -0.1) is 0 Å². The van der Waals surface area contributed by atoms with Crippen molar-refractivity contribution in [3.8, 4) is 0 Å². The lowest BCUT2D eigenvalue weighted by atomic mass is 10.0. The molecule has 0 heterocycles. The average Bonchev–Trinajstić information content (AvgIpc) is 3.19. The zero-order valence-electron chi connectivity index (χ0n) is 12.2. The fraction of sp³-hybridized carbons (Fsp3) is 0.625. The quantitative estimate of drug-likeness (QED) is 0.807. The first-order valence-electron chi connectivity index (χ1n) is 7.36. The molecule has 1 fully saturated rings. The molecule has 0 aliphatic heterocycles. The van der Waals surface area contributed by atoms with Gasteiger partial charge in [-0.05, 0) is 50.3 Å². The van der Waals surface area contributed by atoms with Crippen LogP contribution < -0.4 is 10.2 Å². The summed E-state index contributed by atoms with van der Waals surface area (Å²) in [6.45, 7) is 6.18. The first-order valence-corrected chi connectivity index (χ1v) is 7.36. The van der Waals surface area contributed by atoms with E-state index in [0.717, 1.165) is 36.7 Å². The van der Waals surface area contributed by atoms with Crippen LogP contribution in [0.2, 0.25) is 0 Å². The molecule has 1 unspecified atom stereocenters. The first-order chi connectivity index (χ1) is 9.13. The molecule has 0 radical (unpaired) electrons. The van der Waals surface area contributed by atoms with Gasteiger partial charge >= 0.3 is 0 Å². The average molecular weight is 264 g/mol. The largest absolute Gasteiger partial charge is 0.372 e. The molecule has 1 saturated carbocycles. The van der Waals surface area contributed by atoms with Gasteiger partial charge in [-0.2, -0.15) is 0 Å². The summed E-state index contributed by atoms with van der Waals surface area (Å²) in [6, 6.07) is 5.60. The second-order valence-corrected chi connectivity index (χ2v) is 5.68. The van der Waals surface area contributed by atoms with E-state index < -0.39 is 0 Å². The van der Waals surface area contributed by atoms with Gasteiger partial charge in [0, 0.05) is 19.6 Å². The molecule has 2 nitrogen and oxygen atoms in total. The number of halogens is 1. The number of para-hydroxylation sites is 1. The highest BCUT2D eigenvalue weighted by Gasteiger charge is 2.25. The summed E-state index contributed by atoms with van der Waals surface area (Å²) in [5.41, 5.74) is 1.84. The summed E-state index contributed by atoms with van der Waals surface area (Å²) in [5.74, 6) is 0.655. The van der Waals surface area contributed by atoms with Crippen molar-refractivity contribution in [2.24, 2.45) is 5.92 Å². The Morgan fingerprint density at radius 3 is 2.79 bits per heavy atom. The van der Waals surface area contributed by atoms with Crippen molar-refractivity contribution in [3.05, 3.63) is 29.6 Å². The molecular weight excluding hydrogens is 239 g/mol. The predicted octanol–water partition coefficient (Wildman–Crippen LogP) is 3.73. The maximum atomic E-state index is 14.2. The highest BCUT2D eigenvalue weighted by atomic mass is 19.1. The van der Waals surface area contributed by atoms with Crippen LogP contribution in [-0.2, 0) is 0 Å². The third-order valence-electron chi connectivity index (χ3n) is 3.80. The molecule has 19 heavy (non-hydrogen) atoms. The normalized spacial score (nSPS) is 16.4. The van der Waals surface area contributed by atoms with Gasteiger partial charge < -0.3 is 10.2 Å². The summed E-state index contributed by atoms with van der Waals surface area (Å²) < 4.78 is 14.2. The zero-order chi connectivity index (χ0) is 13.8. The minimum Gasteiger partial charge on any atom is -0.372 e. The number of benzene rings is 1. The van der Waals surface area contributed by atoms with Gasteiger partial charge in [0.15, 0.2) is 0 Å². The van der Waals surface area contributed by atoms with Crippen LogP contribution in [-0.4, -0.2) is 20.1 Å². The number of nitrogens with one attached hydrogen (secondary N) is 1. The minimum absolute atomic E-state index is 0.106. The molecule has 1 aromatic carbocycles. The van der Waals surface area contributed by atoms with Crippen molar-refractivity contribution in [1.82, 2.24) is 5.32 Å². The predicted molar refractivity (Wildman–Crippen MR) is 79.1 cm³/mol. The van der Waals surface area contributed by atoms with Gasteiger partial charge in [0.1, 0.15) is 5.82 Å². The Bertz CT molecular complexity index is 415. The van der Waals surface area contributed by atoms with Crippen molar-refractivity contribution in [1.29, 1.82) is 0 Å². The molecule has 0 saturated heterocycles. The molecule has 0 bridgehead atoms. The molecule has 0 spiro atoms. The van der Waals surface area contributed by atoms with E-state index >= 15 is 0 Å². The Morgan fingerprint density at radius 2 is 2.16 bits per heavy atom. The van der Waals surface area contributed by atoms with Crippen molar-refractivity contribution in [3.63, 3.8) is 0 Å². The topological polar surface area (TPSA) is 15.3 Å². The van der Waals surface area contributed by atoms with Crippen LogP contribution in [0.15, 0.2) is 18.2 Å². The minimum atomic E-state index is -0.106. The second kappa shape index (κ2) is 6.38. The van der Waals surface area contributed by atoms with Crippen LogP contribution in [0.4, 0.5) is 10.1 Å². The molecule has 1 aliphatic carbocycles. The molecule has 1 atom stereocenters. The van der Waals surface area contributed by atoms with Crippen LogP contribution in [0.25, 0.3) is 0 Å². The van der Waals surface area contributed by atoms with E-state index in [1.54, 1.807) is 6.07 Å².